The highest BCUT2D eigenvalue weighted by atomic mass is 16.6. The summed E-state index contributed by atoms with van der Waals surface area (Å²) < 4.78 is 5.08. The molecule has 0 aromatic heterocycles. The number of nitro benzene ring substituents is 1. The number of non-ortho nitro benzene ring substituents is 1. The Morgan fingerprint density at radius 2 is 1.90 bits per heavy atom. The van der Waals surface area contributed by atoms with Crippen LogP contribution >= 0.6 is 0 Å². The SMILES string of the molecule is C=C(C(=O)OCC=Cc1ccc([N+](=O)[O-])cc1)C(C)(C)C. The molecule has 0 fully saturated rings. The summed E-state index contributed by atoms with van der Waals surface area (Å²) in [6, 6.07) is 6.11. The number of nitro groups is 1. The molecule has 5 nitrogen and oxygen atoms in total. The molecule has 112 valence electrons. The number of hydrogen-bond acceptors (Lipinski definition) is 4. The van der Waals surface area contributed by atoms with Gasteiger partial charge in [0.05, 0.1) is 4.92 Å². The second kappa shape index (κ2) is 6.83. The summed E-state index contributed by atoms with van der Waals surface area (Å²) in [5.41, 5.74) is 0.941. The summed E-state index contributed by atoms with van der Waals surface area (Å²) >= 11 is 0. The summed E-state index contributed by atoms with van der Waals surface area (Å²) in [5, 5.41) is 10.5. The van der Waals surface area contributed by atoms with Gasteiger partial charge in [0.1, 0.15) is 6.61 Å². The molecule has 0 amide bonds. The van der Waals surface area contributed by atoms with Gasteiger partial charge in [0.2, 0.25) is 0 Å². The standard InChI is InChI=1S/C16H19NO4/c1-12(16(2,3)4)15(18)21-11-5-6-13-7-9-14(10-8-13)17(19)20/h5-10H,1,11H2,2-4H3. The normalized spacial score (nSPS) is 11.4. The van der Waals surface area contributed by atoms with Crippen LogP contribution in [0, 0.1) is 15.5 Å². The van der Waals surface area contributed by atoms with Crippen LogP contribution < -0.4 is 0 Å². The monoisotopic (exact) mass is 289 g/mol. The minimum absolute atomic E-state index is 0.0417. The summed E-state index contributed by atoms with van der Waals surface area (Å²) in [6.07, 6.45) is 3.41. The topological polar surface area (TPSA) is 69.4 Å². The molecule has 5 heteroatoms. The van der Waals surface area contributed by atoms with Gasteiger partial charge in [0.15, 0.2) is 0 Å². The molecule has 1 aromatic rings. The molecule has 0 N–H and O–H groups in total. The second-order valence-corrected chi connectivity index (χ2v) is 5.58. The Hall–Kier alpha value is -2.43. The molecule has 1 aromatic carbocycles. The van der Waals surface area contributed by atoms with E-state index in [0.717, 1.165) is 5.56 Å². The maximum Gasteiger partial charge on any atom is 0.334 e. The molecule has 0 aliphatic rings. The van der Waals surface area contributed by atoms with E-state index in [1.165, 1.54) is 12.1 Å². The highest BCUT2D eigenvalue weighted by Gasteiger charge is 2.22. The van der Waals surface area contributed by atoms with E-state index in [1.54, 1.807) is 24.3 Å². The smallest absolute Gasteiger partial charge is 0.334 e. The maximum absolute atomic E-state index is 11.7. The molecule has 0 spiro atoms. The van der Waals surface area contributed by atoms with Gasteiger partial charge in [-0.1, -0.05) is 33.4 Å². The fraction of sp³-hybridized carbons (Fsp3) is 0.312. The highest BCUT2D eigenvalue weighted by molar-refractivity contribution is 5.89. The number of hydrogen-bond donors (Lipinski definition) is 0. The Bertz CT molecular complexity index is 565. The van der Waals surface area contributed by atoms with Crippen LogP contribution in [0.2, 0.25) is 0 Å². The van der Waals surface area contributed by atoms with Crippen LogP contribution in [-0.2, 0) is 9.53 Å². The van der Waals surface area contributed by atoms with Crippen molar-refractivity contribution in [1.29, 1.82) is 0 Å². The number of nitrogens with zero attached hydrogens (tertiary/aromatic N) is 1. The molecule has 0 saturated heterocycles. The maximum atomic E-state index is 11.7. The first-order valence-electron chi connectivity index (χ1n) is 6.49. The van der Waals surface area contributed by atoms with Crippen LogP contribution in [0.25, 0.3) is 6.08 Å². The van der Waals surface area contributed by atoms with Crippen molar-refractivity contribution in [1.82, 2.24) is 0 Å². The van der Waals surface area contributed by atoms with Gasteiger partial charge in [0.25, 0.3) is 5.69 Å². The van der Waals surface area contributed by atoms with E-state index in [0.29, 0.717) is 5.57 Å². The summed E-state index contributed by atoms with van der Waals surface area (Å²) in [7, 11) is 0. The van der Waals surface area contributed by atoms with E-state index < -0.39 is 10.9 Å². The van der Waals surface area contributed by atoms with Gasteiger partial charge < -0.3 is 4.74 Å². The van der Waals surface area contributed by atoms with Crippen LogP contribution in [0.1, 0.15) is 26.3 Å². The van der Waals surface area contributed by atoms with Crippen LogP contribution in [0.4, 0.5) is 5.69 Å². The van der Waals surface area contributed by atoms with E-state index in [2.05, 4.69) is 6.58 Å². The molecule has 0 radical (unpaired) electrons. The largest absolute Gasteiger partial charge is 0.458 e. The summed E-state index contributed by atoms with van der Waals surface area (Å²) in [5.74, 6) is -0.421. The Morgan fingerprint density at radius 3 is 2.38 bits per heavy atom. The third-order valence-electron chi connectivity index (χ3n) is 2.88. The summed E-state index contributed by atoms with van der Waals surface area (Å²) in [4.78, 5) is 21.8. The fourth-order valence-electron chi connectivity index (χ4n) is 1.41. The molecule has 0 aliphatic heterocycles. The van der Waals surface area contributed by atoms with E-state index in [9.17, 15) is 14.9 Å². The van der Waals surface area contributed by atoms with E-state index >= 15 is 0 Å². The van der Waals surface area contributed by atoms with Gasteiger partial charge >= 0.3 is 5.97 Å². The first kappa shape index (κ1) is 16.6. The molecule has 0 aliphatic carbocycles. The summed E-state index contributed by atoms with van der Waals surface area (Å²) in [6.45, 7) is 9.53. The van der Waals surface area contributed by atoms with Gasteiger partial charge in [-0.25, -0.2) is 4.79 Å². The van der Waals surface area contributed by atoms with Gasteiger partial charge in [-0.2, -0.15) is 0 Å². The van der Waals surface area contributed by atoms with Crippen molar-refractivity contribution in [3.63, 3.8) is 0 Å². The minimum Gasteiger partial charge on any atom is -0.458 e. The number of carbonyl (C=O) groups excluding carboxylic acids is 1. The number of ether oxygens (including phenoxy) is 1. The molecule has 21 heavy (non-hydrogen) atoms. The molecule has 0 saturated carbocycles. The number of rotatable bonds is 5. The minimum atomic E-state index is -0.451. The lowest BCUT2D eigenvalue weighted by Gasteiger charge is -2.19. The number of carbonyl (C=O) groups is 1. The van der Waals surface area contributed by atoms with Crippen LogP contribution in [0.3, 0.4) is 0 Å². The van der Waals surface area contributed by atoms with Crippen molar-refractivity contribution in [3.05, 3.63) is 58.2 Å². The van der Waals surface area contributed by atoms with E-state index in [4.69, 9.17) is 4.74 Å². The molecule has 0 heterocycles. The van der Waals surface area contributed by atoms with Crippen molar-refractivity contribution < 1.29 is 14.5 Å². The lowest BCUT2D eigenvalue weighted by Crippen LogP contribution is -2.19. The Morgan fingerprint density at radius 1 is 1.33 bits per heavy atom. The second-order valence-electron chi connectivity index (χ2n) is 5.58. The zero-order valence-corrected chi connectivity index (χ0v) is 12.5. The van der Waals surface area contributed by atoms with E-state index in [-0.39, 0.29) is 17.7 Å². The Balaban J connectivity index is 2.50. The zero-order chi connectivity index (χ0) is 16.0. The molecular formula is C16H19NO4. The third kappa shape index (κ3) is 5.22. The van der Waals surface area contributed by atoms with Crippen molar-refractivity contribution in [2.24, 2.45) is 5.41 Å². The average Bonchev–Trinajstić information content (AvgIpc) is 2.42. The fourth-order valence-corrected chi connectivity index (χ4v) is 1.41. The first-order chi connectivity index (χ1) is 9.71. The molecule has 1 rings (SSSR count). The molecule has 0 unspecified atom stereocenters. The first-order valence-corrected chi connectivity index (χ1v) is 6.49. The molecular weight excluding hydrogens is 270 g/mol. The van der Waals surface area contributed by atoms with Gasteiger partial charge in [0, 0.05) is 17.7 Å². The van der Waals surface area contributed by atoms with Gasteiger partial charge in [-0.15, -0.1) is 0 Å². The zero-order valence-electron chi connectivity index (χ0n) is 12.5. The predicted octanol–water partition coefficient (Wildman–Crippen LogP) is 3.75. The van der Waals surface area contributed by atoms with E-state index in [1.807, 2.05) is 20.8 Å². The van der Waals surface area contributed by atoms with Gasteiger partial charge in [-0.05, 0) is 29.2 Å². The lowest BCUT2D eigenvalue weighted by atomic mass is 9.88. The third-order valence-corrected chi connectivity index (χ3v) is 2.88. The lowest BCUT2D eigenvalue weighted by molar-refractivity contribution is -0.384. The average molecular weight is 289 g/mol. The quantitative estimate of drug-likeness (QED) is 0.358. The Kier molecular flexibility index (Phi) is 5.41. The van der Waals surface area contributed by atoms with Crippen molar-refractivity contribution in [2.45, 2.75) is 20.8 Å². The molecule has 0 atom stereocenters. The number of esters is 1. The van der Waals surface area contributed by atoms with Crippen molar-refractivity contribution in [3.8, 4) is 0 Å². The van der Waals surface area contributed by atoms with Crippen molar-refractivity contribution in [2.75, 3.05) is 6.61 Å². The predicted molar refractivity (Wildman–Crippen MR) is 81.7 cm³/mol. The molecule has 0 bridgehead atoms. The van der Waals surface area contributed by atoms with Crippen LogP contribution in [0.5, 0.6) is 0 Å². The number of benzene rings is 1. The van der Waals surface area contributed by atoms with Crippen molar-refractivity contribution >= 4 is 17.7 Å². The van der Waals surface area contributed by atoms with Crippen LogP contribution in [0.15, 0.2) is 42.5 Å². The van der Waals surface area contributed by atoms with Gasteiger partial charge in [-0.3, -0.25) is 10.1 Å². The van der Waals surface area contributed by atoms with Crippen LogP contribution in [-0.4, -0.2) is 17.5 Å². The Labute approximate surface area is 124 Å². The highest BCUT2D eigenvalue weighted by Crippen LogP contribution is 2.24.